The van der Waals surface area contributed by atoms with Gasteiger partial charge in [-0.25, -0.2) is 4.98 Å². The lowest BCUT2D eigenvalue weighted by atomic mass is 10.2. The van der Waals surface area contributed by atoms with Gasteiger partial charge in [-0.3, -0.25) is 14.5 Å². The highest BCUT2D eigenvalue weighted by atomic mass is 16.5. The van der Waals surface area contributed by atoms with Crippen LogP contribution >= 0.6 is 0 Å². The summed E-state index contributed by atoms with van der Waals surface area (Å²) in [6.45, 7) is 7.71. The largest absolute Gasteiger partial charge is 0.496 e. The Balaban J connectivity index is 0.00000176. The van der Waals surface area contributed by atoms with Crippen LogP contribution in [0.1, 0.15) is 38.1 Å². The monoisotopic (exact) mass is 369 g/mol. The minimum Gasteiger partial charge on any atom is -0.496 e. The molecular weight excluding hydrogens is 342 g/mol. The molecule has 0 saturated heterocycles. The van der Waals surface area contributed by atoms with Crippen LogP contribution in [-0.2, 0) is 4.79 Å². The van der Waals surface area contributed by atoms with Gasteiger partial charge in [-0.05, 0) is 38.1 Å². The number of allylic oxidation sites excluding steroid dienone is 1. The normalized spacial score (nSPS) is 9.41. The molecule has 1 aromatic carbocycles. The first kappa shape index (κ1) is 21.9. The number of hydrogen-bond donors (Lipinski definition) is 1. The Morgan fingerprint density at radius 1 is 1.11 bits per heavy atom. The number of methoxy groups -OCH3 is 1. The lowest BCUT2D eigenvalue weighted by Crippen LogP contribution is -2.25. The molecule has 0 aliphatic rings. The van der Waals surface area contributed by atoms with E-state index in [1.807, 2.05) is 27.7 Å². The van der Waals surface area contributed by atoms with E-state index in [1.54, 1.807) is 49.5 Å². The van der Waals surface area contributed by atoms with E-state index in [4.69, 9.17) is 4.74 Å². The Hall–Kier alpha value is -3.15. The molecule has 2 rings (SSSR count). The molecule has 0 radical (unpaired) electrons. The number of anilines is 2. The molecule has 0 spiro atoms. The molecule has 0 unspecified atom stereocenters. The van der Waals surface area contributed by atoms with Crippen molar-refractivity contribution in [3.05, 3.63) is 59.8 Å². The number of para-hydroxylation sites is 1. The number of benzene rings is 1. The number of ether oxygens (including phenoxy) is 1. The number of aromatic nitrogens is 1. The first-order valence-electron chi connectivity index (χ1n) is 8.75. The zero-order valence-electron chi connectivity index (χ0n) is 16.7. The predicted octanol–water partition coefficient (Wildman–Crippen LogP) is 4.30. The van der Waals surface area contributed by atoms with Crippen LogP contribution in [0.3, 0.4) is 0 Å². The Morgan fingerprint density at radius 3 is 2.33 bits per heavy atom. The summed E-state index contributed by atoms with van der Waals surface area (Å²) in [7, 11) is 3.17. The van der Waals surface area contributed by atoms with Crippen molar-refractivity contribution in [2.75, 3.05) is 24.4 Å². The smallest absolute Gasteiger partial charge is 0.259 e. The van der Waals surface area contributed by atoms with Gasteiger partial charge in [0.25, 0.3) is 11.8 Å². The number of amides is 2. The van der Waals surface area contributed by atoms with E-state index >= 15 is 0 Å². The number of likely N-dealkylation sites (N-methyl/N-ethyl adjacent to an activating group) is 1. The summed E-state index contributed by atoms with van der Waals surface area (Å²) >= 11 is 0. The predicted molar refractivity (Wildman–Crippen MR) is 109 cm³/mol. The maximum atomic E-state index is 12.4. The standard InChI is InChI=1S/C19H21N3O3.C2H6/c1-13(2)11-18(23)22(3)17-10-9-14(12-20-17)21-19(24)15-7-5-6-8-16(15)25-4;1-2/h5-12H,1-4H3,(H,21,24);1-2H3. The SMILES string of the molecule is CC.COc1ccccc1C(=O)Nc1ccc(N(C)C(=O)C=C(C)C)nc1. The molecule has 1 aromatic heterocycles. The van der Waals surface area contributed by atoms with Gasteiger partial charge in [-0.1, -0.05) is 31.6 Å². The number of carbonyl (C=O) groups is 2. The second-order valence-electron chi connectivity index (χ2n) is 5.68. The van der Waals surface area contributed by atoms with Crippen LogP contribution in [0, 0.1) is 0 Å². The molecule has 27 heavy (non-hydrogen) atoms. The van der Waals surface area contributed by atoms with E-state index in [1.165, 1.54) is 18.2 Å². The maximum Gasteiger partial charge on any atom is 0.259 e. The Bertz CT molecular complexity index is 795. The molecule has 0 fully saturated rings. The van der Waals surface area contributed by atoms with Crippen molar-refractivity contribution in [3.8, 4) is 5.75 Å². The highest BCUT2D eigenvalue weighted by Gasteiger charge is 2.13. The third kappa shape index (κ3) is 6.26. The van der Waals surface area contributed by atoms with Gasteiger partial charge in [0.15, 0.2) is 0 Å². The number of rotatable bonds is 5. The summed E-state index contributed by atoms with van der Waals surface area (Å²) in [6.07, 6.45) is 3.05. The summed E-state index contributed by atoms with van der Waals surface area (Å²) < 4.78 is 5.19. The lowest BCUT2D eigenvalue weighted by Gasteiger charge is -2.15. The van der Waals surface area contributed by atoms with Crippen molar-refractivity contribution in [2.45, 2.75) is 27.7 Å². The lowest BCUT2D eigenvalue weighted by molar-refractivity contribution is -0.114. The second-order valence-corrected chi connectivity index (χ2v) is 5.68. The molecule has 2 aromatic rings. The van der Waals surface area contributed by atoms with Gasteiger partial charge in [-0.15, -0.1) is 0 Å². The molecule has 1 N–H and O–H groups in total. The number of pyridine rings is 1. The molecule has 1 heterocycles. The molecule has 0 saturated carbocycles. The highest BCUT2D eigenvalue weighted by molar-refractivity contribution is 6.06. The quantitative estimate of drug-likeness (QED) is 0.798. The Labute approximate surface area is 160 Å². The molecular formula is C21H27N3O3. The highest BCUT2D eigenvalue weighted by Crippen LogP contribution is 2.20. The van der Waals surface area contributed by atoms with Crippen molar-refractivity contribution in [1.29, 1.82) is 0 Å². The van der Waals surface area contributed by atoms with Gasteiger partial charge >= 0.3 is 0 Å². The van der Waals surface area contributed by atoms with Gasteiger partial charge in [0.1, 0.15) is 11.6 Å². The average molecular weight is 369 g/mol. The zero-order valence-corrected chi connectivity index (χ0v) is 16.7. The van der Waals surface area contributed by atoms with Gasteiger partial charge in [0.2, 0.25) is 0 Å². The molecule has 144 valence electrons. The number of carbonyl (C=O) groups excluding carboxylic acids is 2. The fraction of sp³-hybridized carbons (Fsp3) is 0.286. The average Bonchev–Trinajstić information content (AvgIpc) is 2.69. The first-order chi connectivity index (χ1) is 12.9. The van der Waals surface area contributed by atoms with Gasteiger partial charge in [0.05, 0.1) is 24.6 Å². The molecule has 0 bridgehead atoms. The molecule has 2 amide bonds. The minimum absolute atomic E-state index is 0.154. The van der Waals surface area contributed by atoms with Crippen molar-refractivity contribution < 1.29 is 14.3 Å². The van der Waals surface area contributed by atoms with E-state index < -0.39 is 0 Å². The minimum atomic E-state index is -0.291. The summed E-state index contributed by atoms with van der Waals surface area (Å²) in [5, 5.41) is 2.76. The van der Waals surface area contributed by atoms with Crippen molar-refractivity contribution >= 4 is 23.3 Å². The van der Waals surface area contributed by atoms with Crippen LogP contribution in [0.5, 0.6) is 5.75 Å². The molecule has 0 atom stereocenters. The summed E-state index contributed by atoms with van der Waals surface area (Å²) in [6, 6.07) is 10.3. The summed E-state index contributed by atoms with van der Waals surface area (Å²) in [5.74, 6) is 0.550. The van der Waals surface area contributed by atoms with Crippen molar-refractivity contribution in [2.24, 2.45) is 0 Å². The van der Waals surface area contributed by atoms with Crippen LogP contribution in [0.4, 0.5) is 11.5 Å². The third-order valence-electron chi connectivity index (χ3n) is 3.44. The fourth-order valence-corrected chi connectivity index (χ4v) is 2.15. The van der Waals surface area contributed by atoms with Crippen molar-refractivity contribution in [1.82, 2.24) is 4.98 Å². The van der Waals surface area contributed by atoms with E-state index in [0.717, 1.165) is 5.57 Å². The Morgan fingerprint density at radius 2 is 1.78 bits per heavy atom. The Kier molecular flexibility index (Phi) is 8.72. The molecule has 0 aliphatic heterocycles. The summed E-state index contributed by atoms with van der Waals surface area (Å²) in [4.78, 5) is 30.0. The van der Waals surface area contributed by atoms with E-state index in [2.05, 4.69) is 10.3 Å². The third-order valence-corrected chi connectivity index (χ3v) is 3.44. The van der Waals surface area contributed by atoms with Crippen molar-refractivity contribution in [3.63, 3.8) is 0 Å². The number of nitrogens with one attached hydrogen (secondary N) is 1. The van der Waals surface area contributed by atoms with E-state index in [0.29, 0.717) is 22.8 Å². The van der Waals surface area contributed by atoms with Crippen LogP contribution in [-0.4, -0.2) is 31.0 Å². The topological polar surface area (TPSA) is 71.5 Å². The van der Waals surface area contributed by atoms with E-state index in [-0.39, 0.29) is 11.8 Å². The van der Waals surface area contributed by atoms with Gasteiger partial charge in [0, 0.05) is 13.1 Å². The van der Waals surface area contributed by atoms with Gasteiger partial charge < -0.3 is 10.1 Å². The van der Waals surface area contributed by atoms with Crippen LogP contribution in [0.2, 0.25) is 0 Å². The maximum absolute atomic E-state index is 12.4. The molecule has 0 aliphatic carbocycles. The first-order valence-corrected chi connectivity index (χ1v) is 8.75. The second kappa shape index (κ2) is 10.8. The van der Waals surface area contributed by atoms with Crippen LogP contribution in [0.15, 0.2) is 54.2 Å². The van der Waals surface area contributed by atoms with Crippen LogP contribution < -0.4 is 15.0 Å². The summed E-state index contributed by atoms with van der Waals surface area (Å²) in [5.41, 5.74) is 1.88. The van der Waals surface area contributed by atoms with E-state index in [9.17, 15) is 9.59 Å². The molecule has 6 heteroatoms. The van der Waals surface area contributed by atoms with Gasteiger partial charge in [-0.2, -0.15) is 0 Å². The zero-order chi connectivity index (χ0) is 20.4. The van der Waals surface area contributed by atoms with Crippen LogP contribution in [0.25, 0.3) is 0 Å². The molecule has 6 nitrogen and oxygen atoms in total. The number of hydrogen-bond acceptors (Lipinski definition) is 4. The fourth-order valence-electron chi connectivity index (χ4n) is 2.15. The number of nitrogens with zero attached hydrogens (tertiary/aromatic N) is 2.